The van der Waals surface area contributed by atoms with E-state index in [1.807, 2.05) is 19.2 Å². The number of hydrogen-bond donors (Lipinski definition) is 1. The average molecular weight is 249 g/mol. The van der Waals surface area contributed by atoms with Crippen LogP contribution >= 0.6 is 11.8 Å². The van der Waals surface area contributed by atoms with Gasteiger partial charge in [0.2, 0.25) is 0 Å². The van der Waals surface area contributed by atoms with Crippen molar-refractivity contribution < 1.29 is 4.42 Å². The summed E-state index contributed by atoms with van der Waals surface area (Å²) in [5.41, 5.74) is 2.13. The van der Waals surface area contributed by atoms with Crippen molar-refractivity contribution in [2.75, 3.05) is 12.3 Å². The van der Waals surface area contributed by atoms with Gasteiger partial charge >= 0.3 is 0 Å². The van der Waals surface area contributed by atoms with Crippen molar-refractivity contribution in [3.63, 3.8) is 0 Å². The van der Waals surface area contributed by atoms with Gasteiger partial charge in [0.1, 0.15) is 6.26 Å². The summed E-state index contributed by atoms with van der Waals surface area (Å²) >= 11 is 1.62. The summed E-state index contributed by atoms with van der Waals surface area (Å²) in [7, 11) is 0. The van der Waals surface area contributed by atoms with E-state index in [2.05, 4.69) is 21.4 Å². The molecule has 0 spiro atoms. The Morgan fingerprint density at radius 2 is 2.41 bits per heavy atom. The van der Waals surface area contributed by atoms with Crippen molar-refractivity contribution in [3.05, 3.63) is 42.0 Å². The number of pyridine rings is 1. The molecule has 0 bridgehead atoms. The number of rotatable bonds is 6. The molecule has 2 heterocycles. The van der Waals surface area contributed by atoms with Gasteiger partial charge in [-0.3, -0.25) is 4.98 Å². The van der Waals surface area contributed by atoms with E-state index in [4.69, 9.17) is 4.42 Å². The fraction of sp³-hybridized carbons (Fsp3) is 0.333. The largest absolute Gasteiger partial charge is 0.440 e. The molecule has 0 aromatic carbocycles. The number of hydrogen-bond acceptors (Lipinski definition) is 5. The zero-order valence-corrected chi connectivity index (χ0v) is 10.5. The Morgan fingerprint density at radius 1 is 1.47 bits per heavy atom. The average Bonchev–Trinajstić information content (AvgIpc) is 2.76. The van der Waals surface area contributed by atoms with Crippen molar-refractivity contribution in [3.8, 4) is 0 Å². The Hall–Kier alpha value is -1.33. The lowest BCUT2D eigenvalue weighted by Crippen LogP contribution is -2.16. The minimum absolute atomic E-state index is 0.741. The van der Waals surface area contributed by atoms with Gasteiger partial charge in [-0.1, -0.05) is 17.8 Å². The van der Waals surface area contributed by atoms with Crippen molar-refractivity contribution in [1.82, 2.24) is 15.3 Å². The minimum atomic E-state index is 0.741. The van der Waals surface area contributed by atoms with E-state index < -0.39 is 0 Å². The van der Waals surface area contributed by atoms with Crippen LogP contribution in [-0.2, 0) is 6.54 Å². The molecule has 0 aliphatic rings. The summed E-state index contributed by atoms with van der Waals surface area (Å²) in [4.78, 5) is 8.29. The van der Waals surface area contributed by atoms with E-state index in [0.29, 0.717) is 0 Å². The molecular weight excluding hydrogens is 234 g/mol. The van der Waals surface area contributed by atoms with Gasteiger partial charge in [-0.15, -0.1) is 0 Å². The van der Waals surface area contributed by atoms with E-state index in [9.17, 15) is 0 Å². The second-order valence-corrected chi connectivity index (χ2v) is 4.69. The first-order valence-corrected chi connectivity index (χ1v) is 6.48. The Bertz CT molecular complexity index is 444. The third-order valence-corrected chi connectivity index (χ3v) is 3.00. The summed E-state index contributed by atoms with van der Waals surface area (Å²) in [6.45, 7) is 3.69. The molecule has 5 heteroatoms. The van der Waals surface area contributed by atoms with Gasteiger partial charge in [-0.2, -0.15) is 0 Å². The highest BCUT2D eigenvalue weighted by Gasteiger charge is 2.00. The standard InChI is InChI=1S/C12H15N3OS/c1-10-9-16-12(15-10)17-6-5-14-8-11-3-2-4-13-7-11/h2-4,7,9,14H,5-6,8H2,1H3. The molecule has 0 unspecified atom stereocenters. The van der Waals surface area contributed by atoms with Crippen LogP contribution in [0.15, 0.2) is 40.4 Å². The van der Waals surface area contributed by atoms with Gasteiger partial charge in [-0.25, -0.2) is 4.98 Å². The van der Waals surface area contributed by atoms with Crippen molar-refractivity contribution in [1.29, 1.82) is 0 Å². The van der Waals surface area contributed by atoms with Crippen LogP contribution in [0.25, 0.3) is 0 Å². The number of aryl methyl sites for hydroxylation is 1. The normalized spacial score (nSPS) is 10.6. The summed E-state index contributed by atoms with van der Waals surface area (Å²) < 4.78 is 5.24. The highest BCUT2D eigenvalue weighted by atomic mass is 32.2. The maximum Gasteiger partial charge on any atom is 0.255 e. The van der Waals surface area contributed by atoms with Crippen LogP contribution in [0.2, 0.25) is 0 Å². The van der Waals surface area contributed by atoms with Gasteiger partial charge in [0.15, 0.2) is 0 Å². The molecule has 2 rings (SSSR count). The van der Waals surface area contributed by atoms with E-state index in [1.54, 1.807) is 24.2 Å². The second kappa shape index (κ2) is 6.42. The molecular formula is C12H15N3OS. The molecule has 0 saturated heterocycles. The van der Waals surface area contributed by atoms with Gasteiger partial charge in [0, 0.05) is 31.2 Å². The van der Waals surface area contributed by atoms with Gasteiger partial charge in [0.05, 0.1) is 5.69 Å². The fourth-order valence-electron chi connectivity index (χ4n) is 1.34. The summed E-state index contributed by atoms with van der Waals surface area (Å²) in [6, 6.07) is 4.01. The maximum absolute atomic E-state index is 5.24. The lowest BCUT2D eigenvalue weighted by molar-refractivity contribution is 0.454. The Balaban J connectivity index is 1.61. The van der Waals surface area contributed by atoms with Crippen LogP contribution in [0.1, 0.15) is 11.3 Å². The third kappa shape index (κ3) is 4.20. The second-order valence-electron chi connectivity index (χ2n) is 3.64. The number of nitrogens with one attached hydrogen (secondary N) is 1. The third-order valence-electron chi connectivity index (χ3n) is 2.15. The topological polar surface area (TPSA) is 51.0 Å². The predicted molar refractivity (Wildman–Crippen MR) is 67.9 cm³/mol. The zero-order chi connectivity index (χ0) is 11.9. The smallest absolute Gasteiger partial charge is 0.255 e. The van der Waals surface area contributed by atoms with Gasteiger partial charge < -0.3 is 9.73 Å². The Kier molecular flexibility index (Phi) is 4.58. The summed E-state index contributed by atoms with van der Waals surface area (Å²) in [5.74, 6) is 0.945. The Labute approximate surface area is 105 Å². The lowest BCUT2D eigenvalue weighted by atomic mass is 10.3. The minimum Gasteiger partial charge on any atom is -0.440 e. The number of thioether (sulfide) groups is 1. The molecule has 0 saturated carbocycles. The molecule has 0 fully saturated rings. The lowest BCUT2D eigenvalue weighted by Gasteiger charge is -2.02. The van der Waals surface area contributed by atoms with E-state index >= 15 is 0 Å². The maximum atomic E-state index is 5.24. The molecule has 0 amide bonds. The first kappa shape index (κ1) is 12.1. The summed E-state index contributed by atoms with van der Waals surface area (Å²) in [5, 5.41) is 4.09. The number of nitrogens with zero attached hydrogens (tertiary/aromatic N) is 2. The van der Waals surface area contributed by atoms with Crippen molar-refractivity contribution in [2.45, 2.75) is 18.7 Å². The number of oxazole rings is 1. The van der Waals surface area contributed by atoms with Crippen LogP contribution in [0, 0.1) is 6.92 Å². The van der Waals surface area contributed by atoms with Crippen molar-refractivity contribution >= 4 is 11.8 Å². The zero-order valence-electron chi connectivity index (χ0n) is 9.72. The van der Waals surface area contributed by atoms with Gasteiger partial charge in [-0.05, 0) is 18.6 Å². The first-order valence-electron chi connectivity index (χ1n) is 5.49. The molecule has 17 heavy (non-hydrogen) atoms. The fourth-order valence-corrected chi connectivity index (χ4v) is 2.09. The van der Waals surface area contributed by atoms with E-state index in [0.717, 1.165) is 29.8 Å². The monoisotopic (exact) mass is 249 g/mol. The van der Waals surface area contributed by atoms with E-state index in [-0.39, 0.29) is 0 Å². The molecule has 0 radical (unpaired) electrons. The van der Waals surface area contributed by atoms with Crippen LogP contribution in [-0.4, -0.2) is 22.3 Å². The molecule has 0 aliphatic heterocycles. The van der Waals surface area contributed by atoms with Crippen LogP contribution in [0.5, 0.6) is 0 Å². The van der Waals surface area contributed by atoms with Crippen LogP contribution < -0.4 is 5.32 Å². The van der Waals surface area contributed by atoms with Crippen LogP contribution in [0.4, 0.5) is 0 Å². The highest BCUT2D eigenvalue weighted by molar-refractivity contribution is 7.99. The Morgan fingerprint density at radius 3 is 3.12 bits per heavy atom. The predicted octanol–water partition coefficient (Wildman–Crippen LogP) is 2.26. The molecule has 4 nitrogen and oxygen atoms in total. The van der Waals surface area contributed by atoms with Crippen LogP contribution in [0.3, 0.4) is 0 Å². The number of aromatic nitrogens is 2. The molecule has 0 atom stereocenters. The SMILES string of the molecule is Cc1coc(SCCNCc2cccnc2)n1. The van der Waals surface area contributed by atoms with Crippen molar-refractivity contribution in [2.24, 2.45) is 0 Å². The molecule has 90 valence electrons. The summed E-state index contributed by atoms with van der Waals surface area (Å²) in [6.07, 6.45) is 5.33. The molecule has 2 aromatic heterocycles. The molecule has 2 aromatic rings. The first-order chi connectivity index (χ1) is 8.34. The molecule has 0 aliphatic carbocycles. The molecule has 1 N–H and O–H groups in total. The highest BCUT2D eigenvalue weighted by Crippen LogP contribution is 2.15. The quantitative estimate of drug-likeness (QED) is 0.628. The van der Waals surface area contributed by atoms with Gasteiger partial charge in [0.25, 0.3) is 5.22 Å². The van der Waals surface area contributed by atoms with E-state index in [1.165, 1.54) is 5.56 Å².